The molecule has 1 aliphatic rings. The van der Waals surface area contributed by atoms with Gasteiger partial charge in [0, 0.05) is 20.0 Å². The number of nitrogens with zero attached hydrogens (tertiary/aromatic N) is 3. The molecule has 0 aliphatic carbocycles. The molecule has 0 spiro atoms. The number of ether oxygens (including phenoxy) is 1. The van der Waals surface area contributed by atoms with E-state index in [1.807, 2.05) is 6.92 Å². The standard InChI is InChI=1S/C13H20N4O3/c1-4-9-15-10(13(19)20-5-2)11(14)17(9)8-6-7-16(3)12(8)18/h8H,4-7,14H2,1-3H3. The van der Waals surface area contributed by atoms with Crippen molar-refractivity contribution in [2.75, 3.05) is 25.9 Å². The van der Waals surface area contributed by atoms with Gasteiger partial charge in [-0.15, -0.1) is 0 Å². The first kappa shape index (κ1) is 14.4. The van der Waals surface area contributed by atoms with Crippen LogP contribution < -0.4 is 5.73 Å². The van der Waals surface area contributed by atoms with Crippen molar-refractivity contribution < 1.29 is 14.3 Å². The van der Waals surface area contributed by atoms with Gasteiger partial charge >= 0.3 is 5.97 Å². The minimum atomic E-state index is -0.544. The lowest BCUT2D eigenvalue weighted by Crippen LogP contribution is -2.26. The Morgan fingerprint density at radius 1 is 1.50 bits per heavy atom. The molecule has 7 nitrogen and oxygen atoms in total. The van der Waals surface area contributed by atoms with E-state index in [1.54, 1.807) is 23.4 Å². The number of aromatic nitrogens is 2. The lowest BCUT2D eigenvalue weighted by atomic mass is 10.2. The molecule has 1 fully saturated rings. The highest BCUT2D eigenvalue weighted by molar-refractivity contribution is 5.93. The largest absolute Gasteiger partial charge is 0.461 e. The molecule has 0 bridgehead atoms. The number of imidazole rings is 1. The number of hydrogen-bond donors (Lipinski definition) is 1. The molecule has 1 atom stereocenters. The minimum absolute atomic E-state index is 0.000733. The summed E-state index contributed by atoms with van der Waals surface area (Å²) in [5, 5.41) is 0. The second kappa shape index (κ2) is 5.52. The molecule has 0 radical (unpaired) electrons. The molecule has 1 amide bonds. The van der Waals surface area contributed by atoms with Crippen molar-refractivity contribution in [1.82, 2.24) is 14.5 Å². The van der Waals surface area contributed by atoms with Crippen LogP contribution in [0.5, 0.6) is 0 Å². The maximum Gasteiger partial charge on any atom is 0.360 e. The first-order chi connectivity index (χ1) is 9.51. The predicted molar refractivity (Wildman–Crippen MR) is 73.3 cm³/mol. The minimum Gasteiger partial charge on any atom is -0.461 e. The number of likely N-dealkylation sites (N-methyl/N-ethyl adjacent to an activating group) is 1. The number of esters is 1. The Morgan fingerprint density at radius 3 is 2.70 bits per heavy atom. The monoisotopic (exact) mass is 280 g/mol. The first-order valence-electron chi connectivity index (χ1n) is 6.79. The average molecular weight is 280 g/mol. The van der Waals surface area contributed by atoms with E-state index in [9.17, 15) is 9.59 Å². The van der Waals surface area contributed by atoms with Crippen LogP contribution in [0.25, 0.3) is 0 Å². The van der Waals surface area contributed by atoms with E-state index in [0.717, 1.165) is 0 Å². The van der Waals surface area contributed by atoms with Crippen molar-refractivity contribution in [1.29, 1.82) is 0 Å². The van der Waals surface area contributed by atoms with Gasteiger partial charge in [0.25, 0.3) is 0 Å². The Hall–Kier alpha value is -2.05. The van der Waals surface area contributed by atoms with Crippen LogP contribution >= 0.6 is 0 Å². The van der Waals surface area contributed by atoms with Crippen LogP contribution in [0.2, 0.25) is 0 Å². The molecule has 1 saturated heterocycles. The van der Waals surface area contributed by atoms with E-state index < -0.39 is 5.97 Å². The number of likely N-dealkylation sites (tertiary alicyclic amines) is 1. The van der Waals surface area contributed by atoms with Gasteiger partial charge in [-0.3, -0.25) is 4.79 Å². The highest BCUT2D eigenvalue weighted by atomic mass is 16.5. The predicted octanol–water partition coefficient (Wildman–Crippen LogP) is 0.608. The highest BCUT2D eigenvalue weighted by Gasteiger charge is 2.35. The number of anilines is 1. The smallest absolute Gasteiger partial charge is 0.360 e. The number of carbonyl (C=O) groups is 2. The summed E-state index contributed by atoms with van der Waals surface area (Å²) in [4.78, 5) is 29.9. The van der Waals surface area contributed by atoms with Crippen LogP contribution in [0, 0.1) is 0 Å². The Balaban J connectivity index is 2.42. The molecule has 0 saturated carbocycles. The van der Waals surface area contributed by atoms with E-state index in [0.29, 0.717) is 25.2 Å². The molecule has 1 aromatic heterocycles. The van der Waals surface area contributed by atoms with Crippen molar-refractivity contribution in [2.45, 2.75) is 32.7 Å². The Kier molecular flexibility index (Phi) is 3.96. The lowest BCUT2D eigenvalue weighted by molar-refractivity contribution is -0.129. The summed E-state index contributed by atoms with van der Waals surface area (Å²) in [7, 11) is 1.76. The van der Waals surface area contributed by atoms with Gasteiger partial charge in [0.2, 0.25) is 5.91 Å². The number of carbonyl (C=O) groups excluding carboxylic acids is 2. The molecule has 110 valence electrons. The van der Waals surface area contributed by atoms with Crippen molar-refractivity contribution in [2.24, 2.45) is 0 Å². The van der Waals surface area contributed by atoms with Crippen molar-refractivity contribution in [3.8, 4) is 0 Å². The normalized spacial score (nSPS) is 18.6. The van der Waals surface area contributed by atoms with Crippen molar-refractivity contribution in [3.05, 3.63) is 11.5 Å². The van der Waals surface area contributed by atoms with Gasteiger partial charge in [0.1, 0.15) is 17.7 Å². The zero-order valence-electron chi connectivity index (χ0n) is 12.0. The molecule has 7 heteroatoms. The number of amides is 1. The molecule has 1 aliphatic heterocycles. The maximum absolute atomic E-state index is 12.1. The van der Waals surface area contributed by atoms with Gasteiger partial charge in [0.05, 0.1) is 6.61 Å². The second-order valence-electron chi connectivity index (χ2n) is 4.77. The first-order valence-corrected chi connectivity index (χ1v) is 6.79. The van der Waals surface area contributed by atoms with E-state index >= 15 is 0 Å². The zero-order valence-corrected chi connectivity index (χ0v) is 12.0. The molecular formula is C13H20N4O3. The number of rotatable bonds is 4. The fraction of sp³-hybridized carbons (Fsp3) is 0.615. The third-order valence-corrected chi connectivity index (χ3v) is 3.52. The van der Waals surface area contributed by atoms with E-state index in [2.05, 4.69) is 4.98 Å². The summed E-state index contributed by atoms with van der Waals surface area (Å²) >= 11 is 0. The molecular weight excluding hydrogens is 260 g/mol. The number of hydrogen-bond acceptors (Lipinski definition) is 5. The number of nitrogens with two attached hydrogens (primary N) is 1. The van der Waals surface area contributed by atoms with Crippen molar-refractivity contribution >= 4 is 17.7 Å². The summed E-state index contributed by atoms with van der Waals surface area (Å²) in [6.07, 6.45) is 1.27. The quantitative estimate of drug-likeness (QED) is 0.816. The van der Waals surface area contributed by atoms with E-state index in [1.165, 1.54) is 0 Å². The van der Waals surface area contributed by atoms with E-state index in [4.69, 9.17) is 10.5 Å². The maximum atomic E-state index is 12.1. The van der Waals surface area contributed by atoms with Crippen LogP contribution in [0.15, 0.2) is 0 Å². The fourth-order valence-corrected chi connectivity index (χ4v) is 2.48. The Bertz CT molecular complexity index is 538. The van der Waals surface area contributed by atoms with Crippen LogP contribution in [0.3, 0.4) is 0 Å². The number of nitrogen functional groups attached to an aromatic ring is 1. The summed E-state index contributed by atoms with van der Waals surface area (Å²) < 4.78 is 6.62. The number of aryl methyl sites for hydroxylation is 1. The molecule has 20 heavy (non-hydrogen) atoms. The average Bonchev–Trinajstić information content (AvgIpc) is 2.91. The van der Waals surface area contributed by atoms with Crippen LogP contribution in [0.1, 0.15) is 42.6 Å². The second-order valence-corrected chi connectivity index (χ2v) is 4.77. The highest BCUT2D eigenvalue weighted by Crippen LogP contribution is 2.29. The molecule has 1 unspecified atom stereocenters. The summed E-state index contributed by atoms with van der Waals surface area (Å²) in [6, 6.07) is -0.370. The topological polar surface area (TPSA) is 90.5 Å². The fourth-order valence-electron chi connectivity index (χ4n) is 2.48. The van der Waals surface area contributed by atoms with Crippen LogP contribution in [0.4, 0.5) is 5.82 Å². The van der Waals surface area contributed by atoms with Gasteiger partial charge in [0.15, 0.2) is 5.69 Å². The van der Waals surface area contributed by atoms with Gasteiger partial charge in [-0.2, -0.15) is 0 Å². The summed E-state index contributed by atoms with van der Waals surface area (Å²) in [5.41, 5.74) is 6.13. The molecule has 0 aromatic carbocycles. The molecule has 2 rings (SSSR count). The van der Waals surface area contributed by atoms with Crippen LogP contribution in [-0.2, 0) is 16.0 Å². The van der Waals surface area contributed by atoms with Crippen molar-refractivity contribution in [3.63, 3.8) is 0 Å². The zero-order chi connectivity index (χ0) is 14.9. The third-order valence-electron chi connectivity index (χ3n) is 3.52. The van der Waals surface area contributed by atoms with E-state index in [-0.39, 0.29) is 30.1 Å². The summed E-state index contributed by atoms with van der Waals surface area (Å²) in [6.45, 7) is 4.58. The molecule has 2 heterocycles. The summed E-state index contributed by atoms with van der Waals surface area (Å²) in [5.74, 6) is 0.310. The lowest BCUT2D eigenvalue weighted by Gasteiger charge is -2.15. The van der Waals surface area contributed by atoms with Gasteiger partial charge in [-0.05, 0) is 13.3 Å². The van der Waals surface area contributed by atoms with Gasteiger partial charge in [-0.25, -0.2) is 9.78 Å². The SMILES string of the molecule is CCOC(=O)c1nc(CC)n(C2CCN(C)C2=O)c1N. The third kappa shape index (κ3) is 2.23. The Labute approximate surface area is 117 Å². The molecule has 2 N–H and O–H groups in total. The van der Waals surface area contributed by atoms with Gasteiger partial charge in [-0.1, -0.05) is 6.92 Å². The van der Waals surface area contributed by atoms with Gasteiger partial charge < -0.3 is 19.9 Å². The Morgan fingerprint density at radius 2 is 2.20 bits per heavy atom. The molecule has 1 aromatic rings. The van der Waals surface area contributed by atoms with Crippen LogP contribution in [-0.4, -0.2) is 46.5 Å².